The van der Waals surface area contributed by atoms with Gasteiger partial charge in [0, 0.05) is 22.9 Å². The van der Waals surface area contributed by atoms with Crippen LogP contribution in [0.3, 0.4) is 0 Å². The Hall–Kier alpha value is -2.80. The molecule has 1 aliphatic rings. The van der Waals surface area contributed by atoms with Crippen LogP contribution in [0.15, 0.2) is 88.1 Å². The molecule has 2 N–H and O–H groups in total. The number of aliphatic hydroxyl groups is 1. The quantitative estimate of drug-likeness (QED) is 0.241. The SMILES string of the molecule is Cc1nnc(SC[C@H]2O[C@@H](c3cccc(NS(=O)(=O)c4ccccc4)c3)O[C@@H](c3ccc(CO)cc3)[C@H]2C)s1. The molecule has 39 heavy (non-hydrogen) atoms. The third-order valence-corrected chi connectivity index (χ3v) is 9.92. The average molecular weight is 584 g/mol. The number of hydrogen-bond donors (Lipinski definition) is 2. The molecule has 1 aliphatic heterocycles. The maximum absolute atomic E-state index is 12.9. The lowest BCUT2D eigenvalue weighted by atomic mass is 9.91. The zero-order valence-electron chi connectivity index (χ0n) is 21.4. The number of ether oxygens (including phenoxy) is 2. The first-order valence-electron chi connectivity index (χ1n) is 12.4. The molecule has 204 valence electrons. The van der Waals surface area contributed by atoms with Gasteiger partial charge in [-0.3, -0.25) is 4.72 Å². The van der Waals surface area contributed by atoms with Crippen LogP contribution in [0, 0.1) is 12.8 Å². The summed E-state index contributed by atoms with van der Waals surface area (Å²) >= 11 is 3.15. The van der Waals surface area contributed by atoms with Crippen molar-refractivity contribution in [2.45, 2.75) is 48.2 Å². The predicted octanol–water partition coefficient (Wildman–Crippen LogP) is 5.72. The van der Waals surface area contributed by atoms with Gasteiger partial charge in [0.1, 0.15) is 5.01 Å². The minimum absolute atomic E-state index is 0.0162. The highest BCUT2D eigenvalue weighted by Gasteiger charge is 2.38. The molecule has 3 aromatic carbocycles. The normalized spacial score (nSPS) is 21.5. The van der Waals surface area contributed by atoms with Crippen molar-refractivity contribution in [1.82, 2.24) is 10.2 Å². The van der Waals surface area contributed by atoms with Gasteiger partial charge in [0.15, 0.2) is 10.6 Å². The van der Waals surface area contributed by atoms with E-state index < -0.39 is 16.3 Å². The van der Waals surface area contributed by atoms with E-state index in [0.29, 0.717) is 17.0 Å². The molecule has 1 fully saturated rings. The van der Waals surface area contributed by atoms with E-state index in [1.54, 1.807) is 71.6 Å². The summed E-state index contributed by atoms with van der Waals surface area (Å²) in [5.74, 6) is 0.670. The van der Waals surface area contributed by atoms with E-state index in [1.165, 1.54) is 0 Å². The summed E-state index contributed by atoms with van der Waals surface area (Å²) < 4.78 is 42.3. The van der Waals surface area contributed by atoms with Crippen LogP contribution in [0.5, 0.6) is 0 Å². The Morgan fingerprint density at radius 3 is 2.44 bits per heavy atom. The molecule has 0 saturated carbocycles. The van der Waals surface area contributed by atoms with Crippen molar-refractivity contribution in [2.24, 2.45) is 5.92 Å². The summed E-state index contributed by atoms with van der Waals surface area (Å²) in [6, 6.07) is 23.1. The lowest BCUT2D eigenvalue weighted by molar-refractivity contribution is -0.268. The van der Waals surface area contributed by atoms with Crippen molar-refractivity contribution < 1.29 is 23.0 Å². The molecule has 0 unspecified atom stereocenters. The van der Waals surface area contributed by atoms with Crippen LogP contribution in [0.2, 0.25) is 0 Å². The number of hydrogen-bond acceptors (Lipinski definition) is 9. The number of sulfonamides is 1. The molecule has 0 aliphatic carbocycles. The number of aliphatic hydroxyl groups excluding tert-OH is 1. The van der Waals surface area contributed by atoms with Crippen LogP contribution >= 0.6 is 23.1 Å². The summed E-state index contributed by atoms with van der Waals surface area (Å²) in [7, 11) is -3.75. The molecule has 8 nitrogen and oxygen atoms in total. The van der Waals surface area contributed by atoms with Crippen LogP contribution in [0.25, 0.3) is 0 Å². The van der Waals surface area contributed by atoms with Crippen molar-refractivity contribution in [1.29, 1.82) is 0 Å². The summed E-state index contributed by atoms with van der Waals surface area (Å²) in [5.41, 5.74) is 2.93. The smallest absolute Gasteiger partial charge is 0.261 e. The Morgan fingerprint density at radius 1 is 0.974 bits per heavy atom. The summed E-state index contributed by atoms with van der Waals surface area (Å²) in [4.78, 5) is 0.185. The maximum Gasteiger partial charge on any atom is 0.261 e. The van der Waals surface area contributed by atoms with E-state index in [1.807, 2.05) is 37.3 Å². The molecule has 0 amide bonds. The van der Waals surface area contributed by atoms with Crippen molar-refractivity contribution in [3.63, 3.8) is 0 Å². The van der Waals surface area contributed by atoms with Crippen LogP contribution < -0.4 is 4.72 Å². The predicted molar refractivity (Wildman–Crippen MR) is 152 cm³/mol. The molecule has 2 heterocycles. The number of benzene rings is 3. The van der Waals surface area contributed by atoms with E-state index in [0.717, 1.165) is 20.5 Å². The lowest BCUT2D eigenvalue weighted by Crippen LogP contribution is -2.38. The largest absolute Gasteiger partial charge is 0.392 e. The highest BCUT2D eigenvalue weighted by Crippen LogP contribution is 2.43. The van der Waals surface area contributed by atoms with Crippen LogP contribution in [-0.4, -0.2) is 35.6 Å². The Morgan fingerprint density at radius 2 is 1.74 bits per heavy atom. The molecular weight excluding hydrogens is 555 g/mol. The first-order valence-corrected chi connectivity index (χ1v) is 15.7. The van der Waals surface area contributed by atoms with Crippen molar-refractivity contribution in [2.75, 3.05) is 10.5 Å². The monoisotopic (exact) mass is 583 g/mol. The second-order valence-electron chi connectivity index (χ2n) is 9.26. The number of anilines is 1. The third kappa shape index (κ3) is 6.68. The highest BCUT2D eigenvalue weighted by atomic mass is 32.2. The first kappa shape index (κ1) is 27.8. The van der Waals surface area contributed by atoms with Gasteiger partial charge in [0.05, 0.1) is 23.7 Å². The average Bonchev–Trinajstić information content (AvgIpc) is 3.38. The minimum Gasteiger partial charge on any atom is -0.392 e. The fraction of sp³-hybridized carbons (Fsp3) is 0.286. The standard InChI is InChI=1S/C28H29N3O5S3/c1-18-25(17-37-28-30-29-19(2)38-28)35-27(36-26(18)21-13-11-20(16-32)12-14-21)22-7-6-8-23(15-22)31-39(33,34)24-9-4-3-5-10-24/h3-15,18,25-27,31-32H,16-17H2,1-2H3/t18-,25+,26+,27+/m0/s1. The molecular formula is C28H29N3O5S3. The van der Waals surface area contributed by atoms with Gasteiger partial charge in [0.2, 0.25) is 0 Å². The Labute approximate surface area is 236 Å². The van der Waals surface area contributed by atoms with Crippen LogP contribution in [0.4, 0.5) is 5.69 Å². The second kappa shape index (κ2) is 12.2. The van der Waals surface area contributed by atoms with Gasteiger partial charge in [-0.1, -0.05) is 84.6 Å². The second-order valence-corrected chi connectivity index (χ2v) is 13.4. The first-order chi connectivity index (χ1) is 18.8. The summed E-state index contributed by atoms with van der Waals surface area (Å²) in [5, 5.41) is 18.7. The molecule has 0 bridgehead atoms. The number of rotatable bonds is 9. The molecule has 1 aromatic heterocycles. The van der Waals surface area contributed by atoms with Crippen LogP contribution in [0.1, 0.15) is 41.0 Å². The van der Waals surface area contributed by atoms with Gasteiger partial charge in [-0.05, 0) is 42.3 Å². The van der Waals surface area contributed by atoms with Gasteiger partial charge >= 0.3 is 0 Å². The molecule has 4 aromatic rings. The fourth-order valence-electron chi connectivity index (χ4n) is 4.36. The van der Waals surface area contributed by atoms with Crippen molar-refractivity contribution >= 4 is 38.8 Å². The van der Waals surface area contributed by atoms with E-state index in [9.17, 15) is 13.5 Å². The molecule has 0 spiro atoms. The van der Waals surface area contributed by atoms with Crippen molar-refractivity contribution in [3.8, 4) is 0 Å². The Kier molecular flexibility index (Phi) is 8.65. The molecule has 4 atom stereocenters. The number of aromatic nitrogens is 2. The van der Waals surface area contributed by atoms with Gasteiger partial charge in [0.25, 0.3) is 10.0 Å². The topological polar surface area (TPSA) is 111 Å². The zero-order chi connectivity index (χ0) is 27.4. The van der Waals surface area contributed by atoms with Gasteiger partial charge in [-0.25, -0.2) is 8.42 Å². The summed E-state index contributed by atoms with van der Waals surface area (Å²) in [6.07, 6.45) is -1.17. The van der Waals surface area contributed by atoms with E-state index >= 15 is 0 Å². The summed E-state index contributed by atoms with van der Waals surface area (Å²) in [6.45, 7) is 4.00. The van der Waals surface area contributed by atoms with E-state index in [4.69, 9.17) is 9.47 Å². The maximum atomic E-state index is 12.9. The lowest BCUT2D eigenvalue weighted by Gasteiger charge is -2.41. The Bertz CT molecular complexity index is 1500. The van der Waals surface area contributed by atoms with Crippen molar-refractivity contribution in [3.05, 3.63) is 101 Å². The molecule has 5 rings (SSSR count). The number of nitrogens with one attached hydrogen (secondary N) is 1. The van der Waals surface area contributed by atoms with Gasteiger partial charge in [-0.2, -0.15) is 0 Å². The fourth-order valence-corrected chi connectivity index (χ4v) is 7.44. The van der Waals surface area contributed by atoms with Crippen LogP contribution in [-0.2, 0) is 26.1 Å². The number of nitrogens with zero attached hydrogens (tertiary/aromatic N) is 2. The van der Waals surface area contributed by atoms with Gasteiger partial charge in [-0.15, -0.1) is 10.2 Å². The minimum atomic E-state index is -3.75. The van der Waals surface area contributed by atoms with E-state index in [2.05, 4.69) is 21.8 Å². The number of aryl methyl sites for hydroxylation is 1. The molecule has 11 heteroatoms. The number of thioether (sulfide) groups is 1. The third-order valence-electron chi connectivity index (χ3n) is 6.47. The van der Waals surface area contributed by atoms with Gasteiger partial charge < -0.3 is 14.6 Å². The molecule has 0 radical (unpaired) electrons. The zero-order valence-corrected chi connectivity index (χ0v) is 23.9. The van der Waals surface area contributed by atoms with E-state index in [-0.39, 0.29) is 29.6 Å². The Balaban J connectivity index is 1.40. The highest BCUT2D eigenvalue weighted by molar-refractivity contribution is 8.01. The molecule has 1 saturated heterocycles.